The van der Waals surface area contributed by atoms with E-state index < -0.39 is 9.84 Å². The van der Waals surface area contributed by atoms with Gasteiger partial charge in [-0.3, -0.25) is 4.79 Å². The fourth-order valence-corrected chi connectivity index (χ4v) is 5.68. The maximum absolute atomic E-state index is 12.5. The molecule has 2 heterocycles. The lowest BCUT2D eigenvalue weighted by atomic mass is 10.0. The average molecular weight is 349 g/mol. The Morgan fingerprint density at radius 2 is 2.04 bits per heavy atom. The molecule has 122 valence electrons. The van der Waals surface area contributed by atoms with Crippen LogP contribution in [0.15, 0.2) is 35.7 Å². The molecule has 4 nitrogen and oxygen atoms in total. The number of hydrogen-bond donors (Lipinski definition) is 1. The normalized spacial score (nSPS) is 19.6. The second kappa shape index (κ2) is 6.45. The van der Waals surface area contributed by atoms with E-state index in [9.17, 15) is 13.2 Å². The predicted octanol–water partition coefficient (Wildman–Crippen LogP) is 2.89. The van der Waals surface area contributed by atoms with Crippen molar-refractivity contribution in [2.24, 2.45) is 5.92 Å². The molecule has 1 saturated heterocycles. The first kappa shape index (κ1) is 16.2. The highest BCUT2D eigenvalue weighted by molar-refractivity contribution is 7.91. The van der Waals surface area contributed by atoms with Gasteiger partial charge in [0.1, 0.15) is 0 Å². The second-order valence-corrected chi connectivity index (χ2v) is 9.24. The lowest BCUT2D eigenvalue weighted by Gasteiger charge is -2.11. The van der Waals surface area contributed by atoms with Gasteiger partial charge in [0.25, 0.3) is 5.91 Å². The molecule has 0 unspecified atom stereocenters. The maximum atomic E-state index is 12.5. The first-order chi connectivity index (χ1) is 11.0. The summed E-state index contributed by atoms with van der Waals surface area (Å²) in [5.41, 5.74) is 2.66. The van der Waals surface area contributed by atoms with Crippen molar-refractivity contribution in [3.63, 3.8) is 0 Å². The molecule has 2 aromatic rings. The van der Waals surface area contributed by atoms with Crippen LogP contribution in [0.2, 0.25) is 0 Å². The molecule has 3 rings (SSSR count). The van der Waals surface area contributed by atoms with Gasteiger partial charge >= 0.3 is 0 Å². The minimum atomic E-state index is -2.90. The summed E-state index contributed by atoms with van der Waals surface area (Å²) in [5, 5.41) is 4.78. The molecule has 1 aromatic heterocycles. The summed E-state index contributed by atoms with van der Waals surface area (Å²) >= 11 is 1.56. The molecule has 0 spiro atoms. The standard InChI is InChI=1S/C17H19NO3S2/c1-12-16(14-5-3-2-4-6-14)15(10-22-12)17(19)18-9-13-7-8-23(20,21)11-13/h2-6,10,13H,7-9,11H2,1H3,(H,18,19)/t13-/m0/s1. The fraction of sp³-hybridized carbons (Fsp3) is 0.353. The zero-order valence-electron chi connectivity index (χ0n) is 12.9. The van der Waals surface area contributed by atoms with Crippen LogP contribution in [0.3, 0.4) is 0 Å². The van der Waals surface area contributed by atoms with Crippen LogP contribution < -0.4 is 5.32 Å². The Morgan fingerprint density at radius 1 is 1.30 bits per heavy atom. The van der Waals surface area contributed by atoms with E-state index in [1.807, 2.05) is 42.6 Å². The Balaban J connectivity index is 1.74. The Bertz CT molecular complexity index is 810. The third-order valence-corrected chi connectivity index (χ3v) is 6.91. The van der Waals surface area contributed by atoms with Crippen molar-refractivity contribution < 1.29 is 13.2 Å². The van der Waals surface area contributed by atoms with Crippen molar-refractivity contribution >= 4 is 27.1 Å². The molecule has 1 amide bonds. The topological polar surface area (TPSA) is 63.2 Å². The highest BCUT2D eigenvalue weighted by Crippen LogP contribution is 2.32. The minimum absolute atomic E-state index is 0.0313. The molecule has 23 heavy (non-hydrogen) atoms. The van der Waals surface area contributed by atoms with Gasteiger partial charge in [-0.2, -0.15) is 0 Å². The first-order valence-corrected chi connectivity index (χ1v) is 10.3. The molecule has 0 radical (unpaired) electrons. The third-order valence-electron chi connectivity index (χ3n) is 4.16. The van der Waals surface area contributed by atoms with Gasteiger partial charge in [0.2, 0.25) is 0 Å². The van der Waals surface area contributed by atoms with E-state index in [-0.39, 0.29) is 23.3 Å². The number of sulfone groups is 1. The Labute approximate surface area is 140 Å². The summed E-state index contributed by atoms with van der Waals surface area (Å²) in [5.74, 6) is 0.323. The second-order valence-electron chi connectivity index (χ2n) is 5.93. The molecular formula is C17H19NO3S2. The van der Waals surface area contributed by atoms with Gasteiger partial charge in [0.05, 0.1) is 17.1 Å². The Morgan fingerprint density at radius 3 is 2.70 bits per heavy atom. The van der Waals surface area contributed by atoms with Crippen molar-refractivity contribution in [2.45, 2.75) is 13.3 Å². The number of rotatable bonds is 4. The number of benzene rings is 1. The van der Waals surface area contributed by atoms with Crippen LogP contribution in [0.4, 0.5) is 0 Å². The van der Waals surface area contributed by atoms with Crippen molar-refractivity contribution in [1.82, 2.24) is 5.32 Å². The quantitative estimate of drug-likeness (QED) is 0.923. The van der Waals surface area contributed by atoms with E-state index in [0.29, 0.717) is 18.5 Å². The molecular weight excluding hydrogens is 330 g/mol. The summed E-state index contributed by atoms with van der Waals surface area (Å²) in [6.07, 6.45) is 0.636. The number of carbonyl (C=O) groups excluding carboxylic acids is 1. The predicted molar refractivity (Wildman–Crippen MR) is 93.6 cm³/mol. The number of aryl methyl sites for hydroxylation is 1. The Hall–Kier alpha value is -1.66. The van der Waals surface area contributed by atoms with E-state index in [4.69, 9.17) is 0 Å². The van der Waals surface area contributed by atoms with Gasteiger partial charge in [-0.05, 0) is 24.8 Å². The lowest BCUT2D eigenvalue weighted by Crippen LogP contribution is -2.29. The molecule has 0 aliphatic carbocycles. The SMILES string of the molecule is Cc1scc(C(=O)NC[C@@H]2CCS(=O)(=O)C2)c1-c1ccccc1. The van der Waals surface area contributed by atoms with E-state index in [0.717, 1.165) is 16.0 Å². The molecule has 1 atom stereocenters. The minimum Gasteiger partial charge on any atom is -0.352 e. The molecule has 6 heteroatoms. The summed E-state index contributed by atoms with van der Waals surface area (Å²) < 4.78 is 23.0. The Kier molecular flexibility index (Phi) is 4.55. The van der Waals surface area contributed by atoms with E-state index in [1.165, 1.54) is 0 Å². The zero-order chi connectivity index (χ0) is 16.4. The van der Waals surface area contributed by atoms with Crippen molar-refractivity contribution in [3.8, 4) is 11.1 Å². The van der Waals surface area contributed by atoms with Crippen LogP contribution in [-0.2, 0) is 9.84 Å². The third kappa shape index (κ3) is 3.64. The summed E-state index contributed by atoms with van der Waals surface area (Å²) in [6, 6.07) is 9.85. The molecule has 1 aromatic carbocycles. The monoisotopic (exact) mass is 349 g/mol. The number of hydrogen-bond acceptors (Lipinski definition) is 4. The van der Waals surface area contributed by atoms with Crippen LogP contribution in [-0.4, -0.2) is 32.4 Å². The summed E-state index contributed by atoms with van der Waals surface area (Å²) in [4.78, 5) is 13.6. The highest BCUT2D eigenvalue weighted by atomic mass is 32.2. The molecule has 1 N–H and O–H groups in total. The van der Waals surface area contributed by atoms with E-state index in [2.05, 4.69) is 5.32 Å². The largest absolute Gasteiger partial charge is 0.352 e. The van der Waals surface area contributed by atoms with E-state index in [1.54, 1.807) is 11.3 Å². The molecule has 0 saturated carbocycles. The van der Waals surface area contributed by atoms with Gasteiger partial charge < -0.3 is 5.32 Å². The van der Waals surface area contributed by atoms with Crippen LogP contribution in [0.1, 0.15) is 21.7 Å². The van der Waals surface area contributed by atoms with Crippen molar-refractivity contribution in [2.75, 3.05) is 18.1 Å². The number of carbonyl (C=O) groups is 1. The number of nitrogens with one attached hydrogen (secondary N) is 1. The van der Waals surface area contributed by atoms with Gasteiger partial charge in [-0.15, -0.1) is 11.3 Å². The fourth-order valence-electron chi connectivity index (χ4n) is 2.95. The van der Waals surface area contributed by atoms with Crippen molar-refractivity contribution in [3.05, 3.63) is 46.2 Å². The van der Waals surface area contributed by atoms with Gasteiger partial charge in [0, 0.05) is 22.4 Å². The van der Waals surface area contributed by atoms with Gasteiger partial charge in [0.15, 0.2) is 9.84 Å². The molecule has 0 bridgehead atoms. The number of amides is 1. The van der Waals surface area contributed by atoms with E-state index >= 15 is 0 Å². The highest BCUT2D eigenvalue weighted by Gasteiger charge is 2.28. The average Bonchev–Trinajstić information content (AvgIpc) is 3.08. The van der Waals surface area contributed by atoms with Crippen molar-refractivity contribution in [1.29, 1.82) is 0 Å². The van der Waals surface area contributed by atoms with Crippen LogP contribution in [0.5, 0.6) is 0 Å². The summed E-state index contributed by atoms with van der Waals surface area (Å²) in [6.45, 7) is 2.43. The lowest BCUT2D eigenvalue weighted by molar-refractivity contribution is 0.0949. The molecule has 1 aliphatic rings. The van der Waals surface area contributed by atoms with Crippen LogP contribution >= 0.6 is 11.3 Å². The van der Waals surface area contributed by atoms with Crippen LogP contribution in [0, 0.1) is 12.8 Å². The first-order valence-electron chi connectivity index (χ1n) is 7.58. The van der Waals surface area contributed by atoms with Gasteiger partial charge in [-0.25, -0.2) is 8.42 Å². The smallest absolute Gasteiger partial charge is 0.252 e. The summed E-state index contributed by atoms with van der Waals surface area (Å²) in [7, 11) is -2.90. The van der Waals surface area contributed by atoms with Crippen LogP contribution in [0.25, 0.3) is 11.1 Å². The van der Waals surface area contributed by atoms with Gasteiger partial charge in [-0.1, -0.05) is 30.3 Å². The molecule has 1 fully saturated rings. The zero-order valence-corrected chi connectivity index (χ0v) is 14.5. The number of thiophene rings is 1. The molecule has 1 aliphatic heterocycles. The maximum Gasteiger partial charge on any atom is 0.252 e.